The second-order valence-electron chi connectivity index (χ2n) is 10.4. The maximum atomic E-state index is 13.5. The van der Waals surface area contributed by atoms with E-state index in [-0.39, 0.29) is 24.3 Å². The number of aromatic hydroxyl groups is 1. The van der Waals surface area contributed by atoms with Crippen LogP contribution in [0, 0.1) is 19.3 Å². The summed E-state index contributed by atoms with van der Waals surface area (Å²) in [6.45, 7) is 7.60. The number of carbonyl (C=O) groups excluding carboxylic acids is 2. The van der Waals surface area contributed by atoms with E-state index in [0.29, 0.717) is 11.1 Å². The third-order valence-electron chi connectivity index (χ3n) is 7.40. The van der Waals surface area contributed by atoms with Crippen LogP contribution in [0.4, 0.5) is 0 Å². The van der Waals surface area contributed by atoms with Crippen molar-refractivity contribution in [3.8, 4) is 5.75 Å². The van der Waals surface area contributed by atoms with Crippen molar-refractivity contribution in [2.24, 2.45) is 5.41 Å². The first-order chi connectivity index (χ1) is 16.7. The van der Waals surface area contributed by atoms with E-state index < -0.39 is 47.0 Å². The molecule has 1 aliphatic heterocycles. The second kappa shape index (κ2) is 9.91. The summed E-state index contributed by atoms with van der Waals surface area (Å²) in [5.74, 6) is -2.85. The Morgan fingerprint density at radius 1 is 1.11 bits per heavy atom. The molecule has 9 heteroatoms. The largest absolute Gasteiger partial charge is 0.508 e. The number of aryl methyl sites for hydroxylation is 1. The van der Waals surface area contributed by atoms with E-state index in [4.69, 9.17) is 0 Å². The molecule has 36 heavy (non-hydrogen) atoms. The van der Waals surface area contributed by atoms with Crippen molar-refractivity contribution >= 4 is 17.8 Å². The lowest BCUT2D eigenvalue weighted by molar-refractivity contribution is -0.156. The van der Waals surface area contributed by atoms with Gasteiger partial charge in [-0.15, -0.1) is 0 Å². The Bertz CT molecular complexity index is 1160. The predicted molar refractivity (Wildman–Crippen MR) is 133 cm³/mol. The van der Waals surface area contributed by atoms with Gasteiger partial charge in [0.2, 0.25) is 0 Å². The molecule has 0 spiro atoms. The van der Waals surface area contributed by atoms with E-state index in [9.17, 15) is 34.8 Å². The molecule has 2 aromatic carbocycles. The molecular weight excluding hydrogens is 464 g/mol. The van der Waals surface area contributed by atoms with E-state index in [1.807, 2.05) is 6.07 Å². The van der Waals surface area contributed by atoms with E-state index in [1.54, 1.807) is 58.0 Å². The number of hydrogen-bond donors (Lipinski definition) is 5. The maximum Gasteiger partial charge on any atom is 0.327 e. The summed E-state index contributed by atoms with van der Waals surface area (Å²) in [6, 6.07) is 9.57. The number of carbonyl (C=O) groups is 3. The van der Waals surface area contributed by atoms with Gasteiger partial charge in [-0.05, 0) is 50.5 Å². The predicted octanol–water partition coefficient (Wildman–Crippen LogP) is 1.78. The lowest BCUT2D eigenvalue weighted by Crippen LogP contribution is -2.56. The van der Waals surface area contributed by atoms with Gasteiger partial charge < -0.3 is 30.6 Å². The van der Waals surface area contributed by atoms with Crippen LogP contribution in [0.15, 0.2) is 42.5 Å². The molecule has 194 valence electrons. The lowest BCUT2D eigenvalue weighted by atomic mass is 9.74. The number of likely N-dealkylation sites (tertiary alicyclic amines) is 1. The van der Waals surface area contributed by atoms with Crippen LogP contribution in [0.5, 0.6) is 5.75 Å². The fourth-order valence-corrected chi connectivity index (χ4v) is 4.73. The highest BCUT2D eigenvalue weighted by atomic mass is 16.4. The van der Waals surface area contributed by atoms with Crippen LogP contribution in [-0.2, 0) is 16.0 Å². The molecule has 0 radical (unpaired) electrons. The van der Waals surface area contributed by atoms with Crippen LogP contribution >= 0.6 is 0 Å². The number of carboxylic acids is 1. The Labute approximate surface area is 210 Å². The average molecular weight is 499 g/mol. The fourth-order valence-electron chi connectivity index (χ4n) is 4.73. The average Bonchev–Trinajstić information content (AvgIpc) is 2.99. The van der Waals surface area contributed by atoms with Gasteiger partial charge in [-0.2, -0.15) is 0 Å². The molecule has 1 aliphatic rings. The summed E-state index contributed by atoms with van der Waals surface area (Å²) < 4.78 is 0. The van der Waals surface area contributed by atoms with Crippen molar-refractivity contribution in [3.05, 3.63) is 64.7 Å². The molecule has 3 rings (SSSR count). The summed E-state index contributed by atoms with van der Waals surface area (Å²) in [5, 5.41) is 44.8. The van der Waals surface area contributed by atoms with Crippen LogP contribution in [0.25, 0.3) is 0 Å². The Morgan fingerprint density at radius 2 is 1.72 bits per heavy atom. The summed E-state index contributed by atoms with van der Waals surface area (Å²) in [7, 11) is 0. The lowest BCUT2D eigenvalue weighted by Gasteiger charge is -2.35. The monoisotopic (exact) mass is 498 g/mol. The summed E-state index contributed by atoms with van der Waals surface area (Å²) in [6.07, 6.45) is -1.71. The molecule has 1 fully saturated rings. The standard InChI is InChI=1S/C27H34N2O7/c1-15-11-18(16(2)20(30)12-15)23(32)28-19(13-17-9-7-6-8-10-17)21(31)24(33)29-14-27(5,36)26(3,4)22(29)25(34)35/h6-12,19,21-22,30-31,36H,13-14H2,1-5H3,(H,28,32)(H,34,35)/t19-,21-,22?,27-/m0/s1. The number of rotatable bonds is 7. The minimum Gasteiger partial charge on any atom is -0.508 e. The molecule has 4 atom stereocenters. The molecular formula is C27H34N2O7. The van der Waals surface area contributed by atoms with Gasteiger partial charge in [0.25, 0.3) is 11.8 Å². The fraction of sp³-hybridized carbons (Fsp3) is 0.444. The van der Waals surface area contributed by atoms with Gasteiger partial charge in [-0.3, -0.25) is 9.59 Å². The maximum absolute atomic E-state index is 13.5. The van der Waals surface area contributed by atoms with Gasteiger partial charge >= 0.3 is 5.97 Å². The van der Waals surface area contributed by atoms with Gasteiger partial charge in [-0.25, -0.2) is 4.79 Å². The minimum atomic E-state index is -1.79. The van der Waals surface area contributed by atoms with Gasteiger partial charge in [0.1, 0.15) is 11.8 Å². The van der Waals surface area contributed by atoms with Crippen molar-refractivity contribution in [2.75, 3.05) is 6.54 Å². The SMILES string of the molecule is Cc1cc(O)c(C)c(C(=O)N[C@@H](Cc2ccccc2)[C@H](O)C(=O)N2C[C@](C)(O)C(C)(C)C2C(=O)O)c1. The van der Waals surface area contributed by atoms with E-state index in [0.717, 1.165) is 10.5 Å². The Balaban J connectivity index is 1.95. The van der Waals surface area contributed by atoms with Crippen LogP contribution in [0.3, 0.4) is 0 Å². The molecule has 9 nitrogen and oxygen atoms in total. The quantitative estimate of drug-likeness (QED) is 0.391. The number of benzene rings is 2. The number of aliphatic hydroxyl groups excluding tert-OH is 1. The molecule has 5 N–H and O–H groups in total. The highest BCUT2D eigenvalue weighted by Gasteiger charge is 2.60. The second-order valence-corrected chi connectivity index (χ2v) is 10.4. The van der Waals surface area contributed by atoms with Gasteiger partial charge in [0.15, 0.2) is 6.10 Å². The molecule has 0 aliphatic carbocycles. The molecule has 0 saturated carbocycles. The number of amides is 2. The zero-order valence-corrected chi connectivity index (χ0v) is 21.1. The number of hydrogen-bond acceptors (Lipinski definition) is 6. The van der Waals surface area contributed by atoms with Crippen molar-refractivity contribution < 1.29 is 34.8 Å². The molecule has 2 aromatic rings. The van der Waals surface area contributed by atoms with Gasteiger partial charge in [-0.1, -0.05) is 44.2 Å². The van der Waals surface area contributed by atoms with E-state index >= 15 is 0 Å². The van der Waals surface area contributed by atoms with E-state index in [1.165, 1.54) is 13.0 Å². The Kier molecular flexibility index (Phi) is 7.48. The first kappa shape index (κ1) is 27.2. The first-order valence-electron chi connectivity index (χ1n) is 11.8. The number of phenols is 1. The zero-order chi connectivity index (χ0) is 27.0. The van der Waals surface area contributed by atoms with Crippen LogP contribution < -0.4 is 5.32 Å². The third-order valence-corrected chi connectivity index (χ3v) is 7.40. The molecule has 1 saturated heterocycles. The molecule has 0 bridgehead atoms. The number of carboxylic acid groups (broad SMARTS) is 1. The number of nitrogens with zero attached hydrogens (tertiary/aromatic N) is 1. The zero-order valence-electron chi connectivity index (χ0n) is 21.1. The Morgan fingerprint density at radius 3 is 2.31 bits per heavy atom. The summed E-state index contributed by atoms with van der Waals surface area (Å²) in [5.41, 5.74) is -0.769. The number of aliphatic hydroxyl groups is 2. The molecule has 2 amide bonds. The van der Waals surface area contributed by atoms with Gasteiger partial charge in [0.05, 0.1) is 18.2 Å². The van der Waals surface area contributed by atoms with Gasteiger partial charge in [0, 0.05) is 16.5 Å². The normalized spacial score (nSPS) is 22.6. The smallest absolute Gasteiger partial charge is 0.327 e. The van der Waals surface area contributed by atoms with Crippen molar-refractivity contribution in [1.82, 2.24) is 10.2 Å². The summed E-state index contributed by atoms with van der Waals surface area (Å²) in [4.78, 5) is 39.7. The number of phenolic OH excluding ortho intramolecular Hbond substituents is 1. The summed E-state index contributed by atoms with van der Waals surface area (Å²) >= 11 is 0. The van der Waals surface area contributed by atoms with Crippen LogP contribution in [-0.4, -0.2) is 73.4 Å². The van der Waals surface area contributed by atoms with Crippen LogP contribution in [0.1, 0.15) is 47.8 Å². The van der Waals surface area contributed by atoms with Crippen LogP contribution in [0.2, 0.25) is 0 Å². The van der Waals surface area contributed by atoms with Crippen molar-refractivity contribution in [2.45, 2.75) is 64.8 Å². The third kappa shape index (κ3) is 5.08. The van der Waals surface area contributed by atoms with Crippen molar-refractivity contribution in [3.63, 3.8) is 0 Å². The molecule has 1 unspecified atom stereocenters. The van der Waals surface area contributed by atoms with Crippen molar-refractivity contribution in [1.29, 1.82) is 0 Å². The minimum absolute atomic E-state index is 0.0535. The molecule has 0 aromatic heterocycles. The number of nitrogens with one attached hydrogen (secondary N) is 1. The number of aliphatic carboxylic acids is 1. The highest BCUT2D eigenvalue weighted by Crippen LogP contribution is 2.44. The highest BCUT2D eigenvalue weighted by molar-refractivity contribution is 5.97. The Hall–Kier alpha value is -3.43. The topological polar surface area (TPSA) is 147 Å². The molecule has 1 heterocycles. The first-order valence-corrected chi connectivity index (χ1v) is 11.8. The van der Waals surface area contributed by atoms with E-state index in [2.05, 4.69) is 5.32 Å². The number of β-amino-alcohol motifs (C(OH)–C–C–N with tert-alkyl or cyclic N) is 1.